The van der Waals surface area contributed by atoms with Gasteiger partial charge in [-0.3, -0.25) is 9.69 Å². The minimum absolute atomic E-state index is 0.142. The lowest BCUT2D eigenvalue weighted by atomic mass is 10.2. The van der Waals surface area contributed by atoms with Crippen LogP contribution in [0, 0.1) is 12.3 Å². The van der Waals surface area contributed by atoms with Gasteiger partial charge in [-0.05, 0) is 18.0 Å². The van der Waals surface area contributed by atoms with Crippen LogP contribution in [0.2, 0.25) is 0 Å². The van der Waals surface area contributed by atoms with Crippen molar-refractivity contribution in [3.8, 4) is 12.3 Å². The number of hydrogen-bond acceptors (Lipinski definition) is 3. The predicted molar refractivity (Wildman–Crippen MR) is 59.6 cm³/mol. The fraction of sp³-hybridized carbons (Fsp3) is 0.364. The smallest absolute Gasteiger partial charge is 0.177 e. The number of ketones is 1. The predicted octanol–water partition coefficient (Wildman–Crippen LogP) is 1.89. The lowest BCUT2D eigenvalue weighted by Gasteiger charge is -2.15. The summed E-state index contributed by atoms with van der Waals surface area (Å²) in [5.74, 6) is 2.69. The molecule has 0 amide bonds. The minimum Gasteiger partial charge on any atom is -0.293 e. The SMILES string of the molecule is C#CCN(CC)CC(=O)c1ccsc1. The molecule has 0 saturated heterocycles. The van der Waals surface area contributed by atoms with Crippen LogP contribution in [0.15, 0.2) is 16.8 Å². The summed E-state index contributed by atoms with van der Waals surface area (Å²) in [6.45, 7) is 3.75. The number of likely N-dealkylation sites (N-methyl/N-ethyl adjacent to an activating group) is 1. The average Bonchev–Trinajstić information content (AvgIpc) is 2.69. The molecule has 0 aliphatic rings. The number of rotatable bonds is 5. The highest BCUT2D eigenvalue weighted by molar-refractivity contribution is 7.08. The van der Waals surface area contributed by atoms with Crippen LogP contribution in [-0.2, 0) is 0 Å². The second-order valence-electron chi connectivity index (χ2n) is 2.94. The van der Waals surface area contributed by atoms with Crippen LogP contribution in [0.1, 0.15) is 17.3 Å². The first-order valence-electron chi connectivity index (χ1n) is 4.49. The van der Waals surface area contributed by atoms with E-state index in [2.05, 4.69) is 5.92 Å². The average molecular weight is 207 g/mol. The van der Waals surface area contributed by atoms with E-state index in [0.29, 0.717) is 13.1 Å². The molecule has 0 saturated carbocycles. The van der Waals surface area contributed by atoms with Crippen molar-refractivity contribution < 1.29 is 4.79 Å². The van der Waals surface area contributed by atoms with E-state index in [9.17, 15) is 4.79 Å². The first kappa shape index (κ1) is 11.0. The normalized spacial score (nSPS) is 10.1. The van der Waals surface area contributed by atoms with Crippen molar-refractivity contribution in [1.29, 1.82) is 0 Å². The van der Waals surface area contributed by atoms with Crippen LogP contribution < -0.4 is 0 Å². The molecule has 1 heterocycles. The molecule has 0 fully saturated rings. The van der Waals surface area contributed by atoms with Gasteiger partial charge in [-0.25, -0.2) is 0 Å². The van der Waals surface area contributed by atoms with Gasteiger partial charge < -0.3 is 0 Å². The van der Waals surface area contributed by atoms with Gasteiger partial charge >= 0.3 is 0 Å². The molecule has 0 N–H and O–H groups in total. The van der Waals surface area contributed by atoms with Gasteiger partial charge in [0, 0.05) is 10.9 Å². The van der Waals surface area contributed by atoms with Crippen LogP contribution in [0.5, 0.6) is 0 Å². The van der Waals surface area contributed by atoms with Gasteiger partial charge in [-0.1, -0.05) is 12.8 Å². The van der Waals surface area contributed by atoms with E-state index in [1.807, 2.05) is 28.7 Å². The monoisotopic (exact) mass is 207 g/mol. The topological polar surface area (TPSA) is 20.3 Å². The summed E-state index contributed by atoms with van der Waals surface area (Å²) in [6.07, 6.45) is 5.20. The molecule has 0 unspecified atom stereocenters. The third kappa shape index (κ3) is 2.99. The second kappa shape index (κ2) is 5.58. The molecule has 1 rings (SSSR count). The van der Waals surface area contributed by atoms with E-state index in [0.717, 1.165) is 12.1 Å². The van der Waals surface area contributed by atoms with Crippen molar-refractivity contribution in [2.24, 2.45) is 0 Å². The van der Waals surface area contributed by atoms with E-state index in [1.165, 1.54) is 11.3 Å². The first-order valence-corrected chi connectivity index (χ1v) is 5.43. The van der Waals surface area contributed by atoms with Gasteiger partial charge in [-0.2, -0.15) is 11.3 Å². The third-order valence-corrected chi connectivity index (χ3v) is 2.66. The zero-order valence-corrected chi connectivity index (χ0v) is 9.01. The van der Waals surface area contributed by atoms with Gasteiger partial charge in [0.1, 0.15) is 0 Å². The summed E-state index contributed by atoms with van der Waals surface area (Å²) in [4.78, 5) is 13.6. The van der Waals surface area contributed by atoms with Crippen LogP contribution in [0.25, 0.3) is 0 Å². The molecule has 3 heteroatoms. The fourth-order valence-electron chi connectivity index (χ4n) is 1.13. The molecule has 0 aliphatic heterocycles. The molecule has 0 bridgehead atoms. The molecular formula is C11H13NOS. The maximum atomic E-state index is 11.6. The molecule has 14 heavy (non-hydrogen) atoms. The van der Waals surface area contributed by atoms with Gasteiger partial charge in [0.15, 0.2) is 5.78 Å². The number of carbonyl (C=O) groups excluding carboxylic acids is 1. The standard InChI is InChI=1S/C11H13NOS/c1-3-6-12(4-2)8-11(13)10-5-7-14-9-10/h1,5,7,9H,4,6,8H2,2H3. The van der Waals surface area contributed by atoms with Crippen molar-refractivity contribution in [2.45, 2.75) is 6.92 Å². The number of carbonyl (C=O) groups is 1. The van der Waals surface area contributed by atoms with Crippen LogP contribution >= 0.6 is 11.3 Å². The van der Waals surface area contributed by atoms with Crippen molar-refractivity contribution >= 4 is 17.1 Å². The second-order valence-corrected chi connectivity index (χ2v) is 3.72. The zero-order valence-electron chi connectivity index (χ0n) is 8.19. The van der Waals surface area contributed by atoms with Crippen LogP contribution in [-0.4, -0.2) is 30.3 Å². The number of hydrogen-bond donors (Lipinski definition) is 0. The zero-order chi connectivity index (χ0) is 10.4. The highest BCUT2D eigenvalue weighted by atomic mass is 32.1. The summed E-state index contributed by atoms with van der Waals surface area (Å²) in [7, 11) is 0. The van der Waals surface area contributed by atoms with Crippen LogP contribution in [0.3, 0.4) is 0 Å². The molecule has 0 aromatic carbocycles. The van der Waals surface area contributed by atoms with E-state index in [-0.39, 0.29) is 5.78 Å². The Hall–Kier alpha value is -1.11. The summed E-state index contributed by atoms with van der Waals surface area (Å²) in [5, 5.41) is 3.77. The molecule has 1 aromatic rings. The molecule has 74 valence electrons. The van der Waals surface area contributed by atoms with E-state index in [1.54, 1.807) is 0 Å². The Labute approximate surface area is 88.5 Å². The first-order chi connectivity index (χ1) is 6.77. The molecule has 0 aliphatic carbocycles. The van der Waals surface area contributed by atoms with Gasteiger partial charge in [-0.15, -0.1) is 6.42 Å². The largest absolute Gasteiger partial charge is 0.293 e. The Morgan fingerprint density at radius 1 is 1.71 bits per heavy atom. The molecule has 0 atom stereocenters. The van der Waals surface area contributed by atoms with Crippen molar-refractivity contribution in [3.63, 3.8) is 0 Å². The Bertz CT molecular complexity index is 324. The van der Waals surface area contributed by atoms with Crippen molar-refractivity contribution in [1.82, 2.24) is 4.90 Å². The highest BCUT2D eigenvalue weighted by Crippen LogP contribution is 2.07. The van der Waals surface area contributed by atoms with Gasteiger partial charge in [0.2, 0.25) is 0 Å². The van der Waals surface area contributed by atoms with E-state index < -0.39 is 0 Å². The maximum Gasteiger partial charge on any atom is 0.177 e. The lowest BCUT2D eigenvalue weighted by molar-refractivity contribution is 0.0943. The Kier molecular flexibility index (Phi) is 4.37. The summed E-state index contributed by atoms with van der Waals surface area (Å²) in [5.41, 5.74) is 0.783. The Balaban J connectivity index is 2.52. The molecule has 1 aromatic heterocycles. The quantitative estimate of drug-likeness (QED) is 0.543. The Morgan fingerprint density at radius 2 is 2.50 bits per heavy atom. The number of thiophene rings is 1. The number of terminal acetylenes is 1. The fourth-order valence-corrected chi connectivity index (χ4v) is 1.79. The molecule has 2 nitrogen and oxygen atoms in total. The highest BCUT2D eigenvalue weighted by Gasteiger charge is 2.10. The summed E-state index contributed by atoms with van der Waals surface area (Å²) < 4.78 is 0. The summed E-state index contributed by atoms with van der Waals surface area (Å²) >= 11 is 1.54. The van der Waals surface area contributed by atoms with Crippen molar-refractivity contribution in [2.75, 3.05) is 19.6 Å². The van der Waals surface area contributed by atoms with Crippen LogP contribution in [0.4, 0.5) is 0 Å². The van der Waals surface area contributed by atoms with Gasteiger partial charge in [0.05, 0.1) is 13.1 Å². The maximum absolute atomic E-state index is 11.6. The molecule has 0 radical (unpaired) electrons. The number of Topliss-reactive ketones (excluding diaryl/α,β-unsaturated/α-hetero) is 1. The minimum atomic E-state index is 0.142. The third-order valence-electron chi connectivity index (χ3n) is 1.97. The Morgan fingerprint density at radius 3 is 3.00 bits per heavy atom. The lowest BCUT2D eigenvalue weighted by Crippen LogP contribution is -2.29. The van der Waals surface area contributed by atoms with Gasteiger partial charge in [0.25, 0.3) is 0 Å². The van der Waals surface area contributed by atoms with E-state index in [4.69, 9.17) is 6.42 Å². The molecule has 0 spiro atoms. The summed E-state index contributed by atoms with van der Waals surface area (Å²) in [6, 6.07) is 1.84. The van der Waals surface area contributed by atoms with E-state index >= 15 is 0 Å². The number of nitrogens with zero attached hydrogens (tertiary/aromatic N) is 1. The van der Waals surface area contributed by atoms with Crippen molar-refractivity contribution in [3.05, 3.63) is 22.4 Å². The molecular weight excluding hydrogens is 194 g/mol.